The third-order valence-electron chi connectivity index (χ3n) is 3.75. The van der Waals surface area contributed by atoms with Crippen molar-refractivity contribution in [3.8, 4) is 23.1 Å². The highest BCUT2D eigenvalue weighted by molar-refractivity contribution is 5.90. The lowest BCUT2D eigenvalue weighted by Crippen LogP contribution is -2.15. The second kappa shape index (κ2) is 8.04. The van der Waals surface area contributed by atoms with E-state index >= 15 is 0 Å². The number of ether oxygens (including phenoxy) is 1. The van der Waals surface area contributed by atoms with E-state index in [1.165, 1.54) is 0 Å². The second-order valence-corrected chi connectivity index (χ2v) is 5.77. The Morgan fingerprint density at radius 2 is 1.96 bits per heavy atom. The van der Waals surface area contributed by atoms with Crippen molar-refractivity contribution in [1.82, 2.24) is 0 Å². The number of nitrogens with zero attached hydrogens (tertiary/aromatic N) is 1. The van der Waals surface area contributed by atoms with E-state index in [2.05, 4.69) is 5.32 Å². The van der Waals surface area contributed by atoms with Gasteiger partial charge in [-0.05, 0) is 61.5 Å². The largest absolute Gasteiger partial charge is 0.493 e. The molecule has 0 radical (unpaired) electrons. The van der Waals surface area contributed by atoms with Crippen molar-refractivity contribution in [3.05, 3.63) is 72.0 Å². The van der Waals surface area contributed by atoms with Crippen molar-refractivity contribution in [3.63, 3.8) is 0 Å². The fraction of sp³-hybridized carbons (Fsp3) is 0.143. The molecular formula is C21H18N2O3. The Morgan fingerprint density at radius 1 is 1.15 bits per heavy atom. The third-order valence-corrected chi connectivity index (χ3v) is 3.75. The number of furan rings is 1. The number of rotatable bonds is 6. The number of anilines is 1. The van der Waals surface area contributed by atoms with Crippen molar-refractivity contribution < 1.29 is 13.9 Å². The molecule has 0 saturated carbocycles. The van der Waals surface area contributed by atoms with Gasteiger partial charge in [0.2, 0.25) is 5.91 Å². The average Bonchev–Trinajstić information content (AvgIpc) is 3.09. The molecule has 3 rings (SSSR count). The summed E-state index contributed by atoms with van der Waals surface area (Å²) < 4.78 is 11.2. The van der Waals surface area contributed by atoms with Gasteiger partial charge < -0.3 is 14.5 Å². The van der Waals surface area contributed by atoms with Crippen LogP contribution in [0, 0.1) is 18.3 Å². The van der Waals surface area contributed by atoms with Crippen LogP contribution in [0.4, 0.5) is 5.69 Å². The molecule has 2 aromatic carbocycles. The Labute approximate surface area is 151 Å². The molecule has 0 aliphatic carbocycles. The standard InChI is InChI=1S/C21H18N2O3/c1-15-5-10-20(26-15)17-6-8-19(9-7-17)25-12-11-21(24)23-18-4-2-3-16(13-18)14-22/h2-10,13H,11-12H2,1H3,(H,23,24). The number of amides is 1. The van der Waals surface area contributed by atoms with Gasteiger partial charge in [-0.15, -0.1) is 0 Å². The Balaban J connectivity index is 1.48. The van der Waals surface area contributed by atoms with E-state index in [0.29, 0.717) is 17.0 Å². The van der Waals surface area contributed by atoms with Gasteiger partial charge in [0.05, 0.1) is 24.7 Å². The Morgan fingerprint density at radius 3 is 2.65 bits per heavy atom. The van der Waals surface area contributed by atoms with Gasteiger partial charge in [0.15, 0.2) is 0 Å². The maximum atomic E-state index is 12.0. The van der Waals surface area contributed by atoms with Crippen LogP contribution in [-0.4, -0.2) is 12.5 Å². The van der Waals surface area contributed by atoms with Crippen molar-refractivity contribution in [2.45, 2.75) is 13.3 Å². The van der Waals surface area contributed by atoms with E-state index in [1.54, 1.807) is 24.3 Å². The lowest BCUT2D eigenvalue weighted by molar-refractivity contribution is -0.116. The van der Waals surface area contributed by atoms with E-state index in [1.807, 2.05) is 49.4 Å². The molecule has 130 valence electrons. The first kappa shape index (κ1) is 17.3. The monoisotopic (exact) mass is 346 g/mol. The summed E-state index contributed by atoms with van der Waals surface area (Å²) in [6.45, 7) is 2.17. The summed E-state index contributed by atoms with van der Waals surface area (Å²) in [6.07, 6.45) is 0.218. The van der Waals surface area contributed by atoms with Crippen LogP contribution in [-0.2, 0) is 4.79 Å². The number of nitrogens with one attached hydrogen (secondary N) is 1. The van der Waals surface area contributed by atoms with Gasteiger partial charge in [-0.25, -0.2) is 0 Å². The molecule has 1 amide bonds. The van der Waals surface area contributed by atoms with Crippen molar-refractivity contribution in [2.24, 2.45) is 0 Å². The van der Waals surface area contributed by atoms with Crippen LogP contribution in [0.2, 0.25) is 0 Å². The SMILES string of the molecule is Cc1ccc(-c2ccc(OCCC(=O)Nc3cccc(C#N)c3)cc2)o1. The molecule has 0 atom stereocenters. The smallest absolute Gasteiger partial charge is 0.227 e. The number of hydrogen-bond donors (Lipinski definition) is 1. The summed E-state index contributed by atoms with van der Waals surface area (Å²) in [5.74, 6) is 2.21. The minimum Gasteiger partial charge on any atom is -0.493 e. The molecule has 1 heterocycles. The average molecular weight is 346 g/mol. The van der Waals surface area contributed by atoms with Gasteiger partial charge in [0.1, 0.15) is 17.3 Å². The van der Waals surface area contributed by atoms with Crippen LogP contribution in [0.1, 0.15) is 17.7 Å². The molecule has 5 nitrogen and oxygen atoms in total. The normalized spacial score (nSPS) is 10.2. The summed E-state index contributed by atoms with van der Waals surface area (Å²) >= 11 is 0. The van der Waals surface area contributed by atoms with E-state index < -0.39 is 0 Å². The van der Waals surface area contributed by atoms with Gasteiger partial charge >= 0.3 is 0 Å². The Hall–Kier alpha value is -3.52. The highest BCUT2D eigenvalue weighted by atomic mass is 16.5. The van der Waals surface area contributed by atoms with Gasteiger partial charge in [0.25, 0.3) is 0 Å². The number of hydrogen-bond acceptors (Lipinski definition) is 4. The lowest BCUT2D eigenvalue weighted by atomic mass is 10.2. The molecule has 0 aliphatic rings. The zero-order valence-electron chi connectivity index (χ0n) is 14.4. The third kappa shape index (κ3) is 4.52. The topological polar surface area (TPSA) is 75.3 Å². The van der Waals surface area contributed by atoms with Crippen molar-refractivity contribution >= 4 is 11.6 Å². The molecule has 1 N–H and O–H groups in total. The van der Waals surface area contributed by atoms with E-state index in [9.17, 15) is 4.79 Å². The highest BCUT2D eigenvalue weighted by Gasteiger charge is 2.05. The van der Waals surface area contributed by atoms with Crippen LogP contribution in [0.25, 0.3) is 11.3 Å². The van der Waals surface area contributed by atoms with Crippen LogP contribution in [0.5, 0.6) is 5.75 Å². The van der Waals surface area contributed by atoms with Gasteiger partial charge in [-0.3, -0.25) is 4.79 Å². The Bertz CT molecular complexity index is 936. The first-order valence-corrected chi connectivity index (χ1v) is 8.24. The van der Waals surface area contributed by atoms with Crippen LogP contribution < -0.4 is 10.1 Å². The molecule has 0 fully saturated rings. The minimum atomic E-state index is -0.164. The number of benzene rings is 2. The number of carbonyl (C=O) groups excluding carboxylic acids is 1. The molecule has 0 saturated heterocycles. The van der Waals surface area contributed by atoms with Crippen molar-refractivity contribution in [2.75, 3.05) is 11.9 Å². The molecule has 3 aromatic rings. The van der Waals surface area contributed by atoms with Gasteiger partial charge in [-0.1, -0.05) is 6.07 Å². The maximum absolute atomic E-state index is 12.0. The van der Waals surface area contributed by atoms with Crippen LogP contribution in [0.15, 0.2) is 65.1 Å². The number of carbonyl (C=O) groups is 1. The maximum Gasteiger partial charge on any atom is 0.227 e. The molecule has 0 bridgehead atoms. The zero-order valence-corrected chi connectivity index (χ0v) is 14.4. The lowest BCUT2D eigenvalue weighted by Gasteiger charge is -2.08. The minimum absolute atomic E-state index is 0.164. The van der Waals surface area contributed by atoms with Gasteiger partial charge in [-0.2, -0.15) is 5.26 Å². The molecule has 1 aromatic heterocycles. The summed E-state index contributed by atoms with van der Waals surface area (Å²) in [6, 6.07) is 20.2. The van der Waals surface area contributed by atoms with Crippen molar-refractivity contribution in [1.29, 1.82) is 5.26 Å². The van der Waals surface area contributed by atoms with Gasteiger partial charge in [0, 0.05) is 11.3 Å². The number of nitriles is 1. The van der Waals surface area contributed by atoms with E-state index in [0.717, 1.165) is 17.1 Å². The Kier molecular flexibility index (Phi) is 5.35. The first-order chi connectivity index (χ1) is 12.6. The molecule has 0 aliphatic heterocycles. The highest BCUT2D eigenvalue weighted by Crippen LogP contribution is 2.24. The zero-order chi connectivity index (χ0) is 18.4. The quantitative estimate of drug-likeness (QED) is 0.711. The van der Waals surface area contributed by atoms with E-state index in [4.69, 9.17) is 14.4 Å². The molecule has 26 heavy (non-hydrogen) atoms. The summed E-state index contributed by atoms with van der Waals surface area (Å²) in [5.41, 5.74) is 2.08. The first-order valence-electron chi connectivity index (χ1n) is 8.24. The van der Waals surface area contributed by atoms with E-state index in [-0.39, 0.29) is 18.9 Å². The fourth-order valence-electron chi connectivity index (χ4n) is 2.46. The predicted octanol–water partition coefficient (Wildman–Crippen LogP) is 4.53. The summed E-state index contributed by atoms with van der Waals surface area (Å²) in [4.78, 5) is 12.0. The molecule has 5 heteroatoms. The predicted molar refractivity (Wildman–Crippen MR) is 98.8 cm³/mol. The molecule has 0 spiro atoms. The van der Waals surface area contributed by atoms with Crippen LogP contribution >= 0.6 is 0 Å². The second-order valence-electron chi connectivity index (χ2n) is 5.77. The van der Waals surface area contributed by atoms with Crippen LogP contribution in [0.3, 0.4) is 0 Å². The molecular weight excluding hydrogens is 328 g/mol. The fourth-order valence-corrected chi connectivity index (χ4v) is 2.46. The summed E-state index contributed by atoms with van der Waals surface area (Å²) in [5, 5.41) is 11.6. The number of aryl methyl sites for hydroxylation is 1. The summed E-state index contributed by atoms with van der Waals surface area (Å²) in [7, 11) is 0. The molecule has 0 unspecified atom stereocenters.